The van der Waals surface area contributed by atoms with Crippen LogP contribution in [0.25, 0.3) is 0 Å². The van der Waals surface area contributed by atoms with Gasteiger partial charge in [-0.3, -0.25) is 9.69 Å². The van der Waals surface area contributed by atoms with Crippen molar-refractivity contribution < 1.29 is 4.79 Å². The number of hydrogen-bond donors (Lipinski definition) is 0. The number of aryl methyl sites for hydroxylation is 1. The Morgan fingerprint density at radius 3 is 2.50 bits per heavy atom. The molecule has 2 saturated heterocycles. The van der Waals surface area contributed by atoms with Gasteiger partial charge in [0.15, 0.2) is 5.78 Å². The van der Waals surface area contributed by atoms with Crippen molar-refractivity contribution in [3.05, 3.63) is 17.5 Å². The molecule has 0 bridgehead atoms. The average molecular weight is 331 g/mol. The molecule has 1 aromatic heterocycles. The number of Topliss-reactive ketones (excluding diaryl/α,β-unsaturated/α-hetero) is 1. The second-order valence-electron chi connectivity index (χ2n) is 7.45. The van der Waals surface area contributed by atoms with E-state index in [2.05, 4.69) is 38.8 Å². The lowest BCUT2D eigenvalue weighted by Gasteiger charge is -2.47. The van der Waals surface area contributed by atoms with E-state index in [9.17, 15) is 4.79 Å². The van der Waals surface area contributed by atoms with Gasteiger partial charge in [0.05, 0.1) is 11.3 Å². The molecular weight excluding hydrogens is 302 g/mol. The van der Waals surface area contributed by atoms with Gasteiger partial charge in [0.25, 0.3) is 0 Å². The van der Waals surface area contributed by atoms with Crippen LogP contribution in [0.1, 0.15) is 42.2 Å². The van der Waals surface area contributed by atoms with Gasteiger partial charge in [-0.25, -0.2) is 9.97 Å². The van der Waals surface area contributed by atoms with E-state index in [1.54, 1.807) is 13.1 Å². The number of carbonyl (C=O) groups is 1. The lowest BCUT2D eigenvalue weighted by molar-refractivity contribution is 0.0603. The van der Waals surface area contributed by atoms with Crippen LogP contribution in [0.5, 0.6) is 0 Å². The molecular formula is C18H29N5O. The summed E-state index contributed by atoms with van der Waals surface area (Å²) in [5.74, 6) is 0.799. The zero-order chi connectivity index (χ0) is 17.3. The van der Waals surface area contributed by atoms with Crippen LogP contribution in [-0.4, -0.2) is 77.9 Å². The number of hydrogen-bond acceptors (Lipinski definition) is 6. The van der Waals surface area contributed by atoms with Gasteiger partial charge in [-0.05, 0) is 60.3 Å². The highest BCUT2D eigenvalue weighted by Crippen LogP contribution is 2.32. The topological polar surface area (TPSA) is 52.6 Å². The van der Waals surface area contributed by atoms with Crippen molar-refractivity contribution >= 4 is 11.7 Å². The van der Waals surface area contributed by atoms with E-state index in [0.717, 1.165) is 50.8 Å². The Bertz CT molecular complexity index is 609. The molecule has 132 valence electrons. The summed E-state index contributed by atoms with van der Waals surface area (Å²) in [6.45, 7) is 8.81. The van der Waals surface area contributed by atoms with Gasteiger partial charge in [-0.2, -0.15) is 0 Å². The summed E-state index contributed by atoms with van der Waals surface area (Å²) in [6, 6.07) is 0. The highest BCUT2D eigenvalue weighted by molar-refractivity contribution is 5.94. The average Bonchev–Trinajstić information content (AvgIpc) is 2.70. The summed E-state index contributed by atoms with van der Waals surface area (Å²) in [6.07, 6.45) is 5.17. The quantitative estimate of drug-likeness (QED) is 0.767. The minimum Gasteiger partial charge on any atom is -0.339 e. The van der Waals surface area contributed by atoms with Crippen LogP contribution < -0.4 is 4.90 Å². The van der Waals surface area contributed by atoms with Gasteiger partial charge in [-0.15, -0.1) is 0 Å². The van der Waals surface area contributed by atoms with Crippen LogP contribution in [0.3, 0.4) is 0 Å². The molecule has 2 aliphatic heterocycles. The van der Waals surface area contributed by atoms with Crippen molar-refractivity contribution in [1.29, 1.82) is 0 Å². The molecule has 0 aromatic carbocycles. The van der Waals surface area contributed by atoms with Crippen LogP contribution in [0.2, 0.25) is 0 Å². The van der Waals surface area contributed by atoms with E-state index in [4.69, 9.17) is 0 Å². The summed E-state index contributed by atoms with van der Waals surface area (Å²) in [5, 5.41) is 0. The second kappa shape index (κ2) is 6.76. The first-order valence-corrected chi connectivity index (χ1v) is 8.91. The summed E-state index contributed by atoms with van der Waals surface area (Å²) >= 11 is 0. The maximum Gasteiger partial charge on any atom is 0.225 e. The molecule has 0 amide bonds. The predicted octanol–water partition coefficient (Wildman–Crippen LogP) is 1.59. The molecule has 1 aromatic rings. The number of piperidine rings is 1. The Hall–Kier alpha value is -1.53. The molecule has 0 radical (unpaired) electrons. The van der Waals surface area contributed by atoms with Gasteiger partial charge >= 0.3 is 0 Å². The van der Waals surface area contributed by atoms with Crippen molar-refractivity contribution in [3.8, 4) is 0 Å². The molecule has 0 unspecified atom stereocenters. The third-order valence-corrected chi connectivity index (χ3v) is 5.76. The Balaban J connectivity index is 1.85. The molecule has 0 aliphatic carbocycles. The zero-order valence-electron chi connectivity index (χ0n) is 15.4. The molecule has 0 saturated carbocycles. The predicted molar refractivity (Wildman–Crippen MR) is 95.7 cm³/mol. The maximum atomic E-state index is 11.6. The van der Waals surface area contributed by atoms with Gasteiger partial charge in [0.1, 0.15) is 0 Å². The fourth-order valence-corrected chi connectivity index (χ4v) is 3.99. The number of anilines is 1. The fraction of sp³-hybridized carbons (Fsp3) is 0.722. The first kappa shape index (κ1) is 17.3. The minimum absolute atomic E-state index is 0.0291. The lowest BCUT2D eigenvalue weighted by Crippen LogP contribution is -2.57. The maximum absolute atomic E-state index is 11.6. The highest BCUT2D eigenvalue weighted by atomic mass is 16.1. The minimum atomic E-state index is 0.0291. The summed E-state index contributed by atoms with van der Waals surface area (Å²) < 4.78 is 0. The van der Waals surface area contributed by atoms with E-state index in [-0.39, 0.29) is 11.3 Å². The summed E-state index contributed by atoms with van der Waals surface area (Å²) in [5.41, 5.74) is 1.61. The Labute approximate surface area is 144 Å². The van der Waals surface area contributed by atoms with Crippen molar-refractivity contribution in [2.75, 3.05) is 51.7 Å². The second-order valence-corrected chi connectivity index (χ2v) is 7.45. The van der Waals surface area contributed by atoms with Crippen LogP contribution >= 0.6 is 0 Å². The molecule has 6 nitrogen and oxygen atoms in total. The Kier molecular flexibility index (Phi) is 4.88. The Morgan fingerprint density at radius 2 is 1.88 bits per heavy atom. The van der Waals surface area contributed by atoms with Gasteiger partial charge in [0.2, 0.25) is 5.95 Å². The largest absolute Gasteiger partial charge is 0.339 e. The number of rotatable bonds is 2. The van der Waals surface area contributed by atoms with Gasteiger partial charge in [-0.1, -0.05) is 0 Å². The molecule has 2 aliphatic rings. The lowest BCUT2D eigenvalue weighted by atomic mass is 9.85. The molecule has 3 rings (SSSR count). The van der Waals surface area contributed by atoms with Crippen molar-refractivity contribution in [2.45, 2.75) is 38.6 Å². The SMILES string of the molecule is CC(=O)c1cnc(N2CCCN(C)C3(CCN(C)CC3)C2)nc1C. The van der Waals surface area contributed by atoms with Crippen LogP contribution in [0.4, 0.5) is 5.95 Å². The van der Waals surface area contributed by atoms with Crippen LogP contribution in [-0.2, 0) is 0 Å². The number of carbonyl (C=O) groups excluding carboxylic acids is 1. The highest BCUT2D eigenvalue weighted by Gasteiger charge is 2.40. The fourth-order valence-electron chi connectivity index (χ4n) is 3.99. The molecule has 24 heavy (non-hydrogen) atoms. The molecule has 6 heteroatoms. The van der Waals surface area contributed by atoms with Crippen LogP contribution in [0, 0.1) is 6.92 Å². The van der Waals surface area contributed by atoms with Crippen molar-refractivity contribution in [3.63, 3.8) is 0 Å². The van der Waals surface area contributed by atoms with Crippen LogP contribution in [0.15, 0.2) is 6.20 Å². The molecule has 2 fully saturated rings. The normalized spacial score (nSPS) is 22.6. The first-order valence-electron chi connectivity index (χ1n) is 8.91. The monoisotopic (exact) mass is 331 g/mol. The van der Waals surface area contributed by atoms with Gasteiger partial charge in [0, 0.05) is 31.4 Å². The summed E-state index contributed by atoms with van der Waals surface area (Å²) in [4.78, 5) is 28.1. The number of likely N-dealkylation sites (tertiary alicyclic amines) is 1. The third-order valence-electron chi connectivity index (χ3n) is 5.76. The van der Waals surface area contributed by atoms with E-state index < -0.39 is 0 Å². The van der Waals surface area contributed by atoms with Gasteiger partial charge < -0.3 is 9.80 Å². The standard InChI is InChI=1S/C18H29N5O/c1-14-16(15(2)24)12-19-17(20-14)23-9-5-8-22(4)18(13-23)6-10-21(3)11-7-18/h12H,5-11,13H2,1-4H3. The molecule has 0 N–H and O–H groups in total. The van der Waals surface area contributed by atoms with Crippen molar-refractivity contribution in [2.24, 2.45) is 0 Å². The smallest absolute Gasteiger partial charge is 0.225 e. The number of ketones is 1. The van der Waals surface area contributed by atoms with Crippen molar-refractivity contribution in [1.82, 2.24) is 19.8 Å². The van der Waals surface area contributed by atoms with E-state index >= 15 is 0 Å². The summed E-state index contributed by atoms with van der Waals surface area (Å²) in [7, 11) is 4.47. The zero-order valence-corrected chi connectivity index (χ0v) is 15.4. The van der Waals surface area contributed by atoms with E-state index in [1.807, 2.05) is 6.92 Å². The molecule has 1 spiro atoms. The molecule has 3 heterocycles. The molecule has 0 atom stereocenters. The van der Waals surface area contributed by atoms with E-state index in [1.165, 1.54) is 12.8 Å². The first-order chi connectivity index (χ1) is 11.4. The number of likely N-dealkylation sites (N-methyl/N-ethyl adjacent to an activating group) is 1. The van der Waals surface area contributed by atoms with E-state index in [0.29, 0.717) is 5.56 Å². The third kappa shape index (κ3) is 3.30. The Morgan fingerprint density at radius 1 is 1.17 bits per heavy atom. The number of nitrogens with zero attached hydrogens (tertiary/aromatic N) is 5. The number of aromatic nitrogens is 2.